The van der Waals surface area contributed by atoms with E-state index in [1.165, 1.54) is 4.70 Å². The van der Waals surface area contributed by atoms with Crippen LogP contribution in [-0.2, 0) is 0 Å². The van der Waals surface area contributed by atoms with E-state index >= 15 is 0 Å². The molecular weight excluding hydrogens is 256 g/mol. The second-order valence-corrected chi connectivity index (χ2v) is 5.24. The van der Waals surface area contributed by atoms with E-state index in [2.05, 4.69) is 6.07 Å². The number of thiophene rings is 1. The molecule has 0 saturated heterocycles. The number of rotatable bonds is 3. The maximum Gasteiger partial charge on any atom is 0.125 e. The number of ether oxygens (including phenoxy) is 1. The van der Waals surface area contributed by atoms with Crippen LogP contribution in [0.2, 0.25) is 0 Å². The van der Waals surface area contributed by atoms with E-state index in [4.69, 9.17) is 4.74 Å². The van der Waals surface area contributed by atoms with Crippen LogP contribution in [0.15, 0.2) is 53.9 Å². The van der Waals surface area contributed by atoms with Crippen molar-refractivity contribution in [1.82, 2.24) is 0 Å². The fourth-order valence-electron chi connectivity index (χ4n) is 2.27. The molecule has 96 valence electrons. The minimum atomic E-state index is -0.660. The topological polar surface area (TPSA) is 29.5 Å². The summed E-state index contributed by atoms with van der Waals surface area (Å²) in [4.78, 5) is 0. The van der Waals surface area contributed by atoms with Gasteiger partial charge in [0.1, 0.15) is 11.9 Å². The van der Waals surface area contributed by atoms with Crippen LogP contribution in [0.5, 0.6) is 5.75 Å². The molecule has 0 fully saturated rings. The summed E-state index contributed by atoms with van der Waals surface area (Å²) in [5, 5.41) is 13.7. The lowest BCUT2D eigenvalue weighted by Gasteiger charge is -2.14. The zero-order chi connectivity index (χ0) is 13.2. The number of benzene rings is 2. The first-order valence-electron chi connectivity index (χ1n) is 6.08. The first-order valence-corrected chi connectivity index (χ1v) is 6.96. The maximum absolute atomic E-state index is 10.6. The van der Waals surface area contributed by atoms with E-state index < -0.39 is 6.10 Å². The Labute approximate surface area is 115 Å². The molecule has 0 aliphatic heterocycles. The Balaban J connectivity index is 2.11. The van der Waals surface area contributed by atoms with Crippen LogP contribution in [0, 0.1) is 0 Å². The molecule has 0 bridgehead atoms. The van der Waals surface area contributed by atoms with Crippen molar-refractivity contribution < 1.29 is 9.84 Å². The lowest BCUT2D eigenvalue weighted by Crippen LogP contribution is -2.01. The van der Waals surface area contributed by atoms with Crippen molar-refractivity contribution in [3.8, 4) is 5.75 Å². The fraction of sp³-hybridized carbons (Fsp3) is 0.125. The monoisotopic (exact) mass is 270 g/mol. The number of aliphatic hydroxyl groups excluding tert-OH is 1. The number of aliphatic hydroxyl groups is 1. The zero-order valence-electron chi connectivity index (χ0n) is 10.5. The highest BCUT2D eigenvalue weighted by atomic mass is 32.1. The average molecular weight is 270 g/mol. The quantitative estimate of drug-likeness (QED) is 0.779. The molecule has 3 rings (SSSR count). The molecule has 1 aromatic heterocycles. The number of methoxy groups -OCH3 is 1. The number of hydrogen-bond donors (Lipinski definition) is 1. The summed E-state index contributed by atoms with van der Waals surface area (Å²) in [6, 6.07) is 15.7. The van der Waals surface area contributed by atoms with E-state index in [1.807, 2.05) is 47.8 Å². The standard InChI is InChI=1S/C16H14O2S/c1-18-14-8-4-2-7-12(14)16(17)13-10-19-15-9-5-3-6-11(13)15/h2-10,16-17H,1H3. The third-order valence-electron chi connectivity index (χ3n) is 3.24. The third-order valence-corrected chi connectivity index (χ3v) is 4.22. The molecule has 0 amide bonds. The van der Waals surface area contributed by atoms with Gasteiger partial charge in [0.15, 0.2) is 0 Å². The maximum atomic E-state index is 10.6. The first-order chi connectivity index (χ1) is 9.31. The van der Waals surface area contributed by atoms with Crippen molar-refractivity contribution in [1.29, 1.82) is 0 Å². The molecule has 3 heteroatoms. The van der Waals surface area contributed by atoms with Gasteiger partial charge in [-0.05, 0) is 22.9 Å². The Hall–Kier alpha value is -1.84. The van der Waals surface area contributed by atoms with Crippen LogP contribution in [-0.4, -0.2) is 12.2 Å². The summed E-state index contributed by atoms with van der Waals surface area (Å²) < 4.78 is 6.51. The molecule has 2 aromatic carbocycles. The van der Waals surface area contributed by atoms with Gasteiger partial charge in [0.05, 0.1) is 7.11 Å². The third kappa shape index (κ3) is 2.11. The number of fused-ring (bicyclic) bond motifs is 1. The van der Waals surface area contributed by atoms with Gasteiger partial charge in [-0.1, -0.05) is 36.4 Å². The summed E-state index contributed by atoms with van der Waals surface area (Å²) in [6.07, 6.45) is -0.660. The van der Waals surface area contributed by atoms with Crippen molar-refractivity contribution >= 4 is 21.4 Å². The Morgan fingerprint density at radius 3 is 2.58 bits per heavy atom. The van der Waals surface area contributed by atoms with E-state index in [0.717, 1.165) is 16.5 Å². The molecule has 3 aromatic rings. The van der Waals surface area contributed by atoms with Crippen molar-refractivity contribution in [2.45, 2.75) is 6.10 Å². The van der Waals surface area contributed by atoms with Gasteiger partial charge >= 0.3 is 0 Å². The number of hydrogen-bond acceptors (Lipinski definition) is 3. The van der Waals surface area contributed by atoms with Gasteiger partial charge < -0.3 is 9.84 Å². The molecule has 0 spiro atoms. The van der Waals surface area contributed by atoms with Gasteiger partial charge in [0, 0.05) is 15.8 Å². The van der Waals surface area contributed by atoms with Crippen molar-refractivity contribution in [3.63, 3.8) is 0 Å². The van der Waals surface area contributed by atoms with Gasteiger partial charge in [0.2, 0.25) is 0 Å². The van der Waals surface area contributed by atoms with E-state index in [0.29, 0.717) is 5.75 Å². The minimum Gasteiger partial charge on any atom is -0.496 e. The molecule has 1 unspecified atom stereocenters. The van der Waals surface area contributed by atoms with Crippen LogP contribution in [0.1, 0.15) is 17.2 Å². The lowest BCUT2D eigenvalue weighted by atomic mass is 10.0. The summed E-state index contributed by atoms with van der Waals surface area (Å²) >= 11 is 1.65. The Bertz CT molecular complexity index is 703. The van der Waals surface area contributed by atoms with Gasteiger partial charge in [-0.2, -0.15) is 0 Å². The second-order valence-electron chi connectivity index (χ2n) is 4.33. The highest BCUT2D eigenvalue weighted by Crippen LogP contribution is 2.36. The first kappa shape index (κ1) is 12.2. The molecule has 0 radical (unpaired) electrons. The molecule has 1 heterocycles. The van der Waals surface area contributed by atoms with Crippen LogP contribution in [0.25, 0.3) is 10.1 Å². The van der Waals surface area contributed by atoms with Crippen LogP contribution in [0.3, 0.4) is 0 Å². The molecule has 0 saturated carbocycles. The van der Waals surface area contributed by atoms with E-state index in [-0.39, 0.29) is 0 Å². The summed E-state index contributed by atoms with van der Waals surface area (Å²) in [5.74, 6) is 0.713. The van der Waals surface area contributed by atoms with Crippen LogP contribution < -0.4 is 4.74 Å². The summed E-state index contributed by atoms with van der Waals surface area (Å²) in [5.41, 5.74) is 1.73. The summed E-state index contributed by atoms with van der Waals surface area (Å²) in [6.45, 7) is 0. The highest BCUT2D eigenvalue weighted by molar-refractivity contribution is 7.17. The average Bonchev–Trinajstić information content (AvgIpc) is 2.90. The predicted molar refractivity (Wildman–Crippen MR) is 78.9 cm³/mol. The van der Waals surface area contributed by atoms with Gasteiger partial charge in [-0.3, -0.25) is 0 Å². The van der Waals surface area contributed by atoms with Gasteiger partial charge in [0.25, 0.3) is 0 Å². The van der Waals surface area contributed by atoms with E-state index in [1.54, 1.807) is 18.4 Å². The zero-order valence-corrected chi connectivity index (χ0v) is 11.4. The van der Waals surface area contributed by atoms with E-state index in [9.17, 15) is 5.11 Å². The summed E-state index contributed by atoms with van der Waals surface area (Å²) in [7, 11) is 1.62. The SMILES string of the molecule is COc1ccccc1C(O)c1csc2ccccc12. The highest BCUT2D eigenvalue weighted by Gasteiger charge is 2.18. The van der Waals surface area contributed by atoms with Gasteiger partial charge in [-0.25, -0.2) is 0 Å². The molecule has 1 N–H and O–H groups in total. The van der Waals surface area contributed by atoms with Crippen molar-refractivity contribution in [3.05, 3.63) is 65.0 Å². The smallest absolute Gasteiger partial charge is 0.125 e. The van der Waals surface area contributed by atoms with Crippen LogP contribution >= 0.6 is 11.3 Å². The lowest BCUT2D eigenvalue weighted by molar-refractivity contribution is 0.216. The Morgan fingerprint density at radius 1 is 1.00 bits per heavy atom. The van der Waals surface area contributed by atoms with Crippen molar-refractivity contribution in [2.24, 2.45) is 0 Å². The molecule has 0 aliphatic carbocycles. The molecule has 0 aliphatic rings. The second kappa shape index (κ2) is 5.03. The number of para-hydroxylation sites is 1. The Kier molecular flexibility index (Phi) is 3.23. The largest absolute Gasteiger partial charge is 0.496 e. The molecule has 19 heavy (non-hydrogen) atoms. The minimum absolute atomic E-state index is 0.660. The molecule has 1 atom stereocenters. The Morgan fingerprint density at radius 2 is 1.74 bits per heavy atom. The van der Waals surface area contributed by atoms with Crippen LogP contribution in [0.4, 0.5) is 0 Å². The van der Waals surface area contributed by atoms with Crippen molar-refractivity contribution in [2.75, 3.05) is 7.11 Å². The van der Waals surface area contributed by atoms with Gasteiger partial charge in [-0.15, -0.1) is 11.3 Å². The fourth-order valence-corrected chi connectivity index (χ4v) is 3.25. The predicted octanol–water partition coefficient (Wildman–Crippen LogP) is 3.99. The normalized spacial score (nSPS) is 12.5. The molecule has 2 nitrogen and oxygen atoms in total. The molecular formula is C16H14O2S.